The molecule has 0 amide bonds. The molecular weight excluding hydrogens is 350 g/mol. The molecule has 1 fully saturated rings. The minimum Gasteiger partial charge on any atom is -0.497 e. The van der Waals surface area contributed by atoms with E-state index in [1.54, 1.807) is 25.3 Å². The molecule has 1 N–H and O–H groups in total. The van der Waals surface area contributed by atoms with Crippen molar-refractivity contribution in [3.8, 4) is 5.75 Å². The summed E-state index contributed by atoms with van der Waals surface area (Å²) in [7, 11) is 1.67. The second kappa shape index (κ2) is 7.09. The summed E-state index contributed by atoms with van der Waals surface area (Å²) < 4.78 is 5.24. The van der Waals surface area contributed by atoms with Gasteiger partial charge in [0.25, 0.3) is 5.56 Å². The molecule has 2 heterocycles. The largest absolute Gasteiger partial charge is 0.497 e. The molecule has 134 valence electrons. The van der Waals surface area contributed by atoms with Crippen molar-refractivity contribution >= 4 is 22.5 Å². The van der Waals surface area contributed by atoms with Gasteiger partial charge in [-0.25, -0.2) is 4.98 Å². The average Bonchev–Trinajstić information content (AvgIpc) is 3.09. The first-order chi connectivity index (χ1) is 12.6. The fourth-order valence-corrected chi connectivity index (χ4v) is 3.81. The SMILES string of the molecule is COc1ccc(C2CCCN2Cc2nc3cc(Cl)ccc3c(=O)[nH]2)cc1. The van der Waals surface area contributed by atoms with E-state index in [1.165, 1.54) is 5.56 Å². The Hall–Kier alpha value is -2.37. The number of hydrogen-bond acceptors (Lipinski definition) is 4. The highest BCUT2D eigenvalue weighted by Crippen LogP contribution is 2.33. The monoisotopic (exact) mass is 369 g/mol. The van der Waals surface area contributed by atoms with E-state index in [4.69, 9.17) is 16.3 Å². The Morgan fingerprint density at radius 3 is 2.85 bits per heavy atom. The van der Waals surface area contributed by atoms with Crippen LogP contribution in [0.25, 0.3) is 10.9 Å². The van der Waals surface area contributed by atoms with E-state index in [-0.39, 0.29) is 5.56 Å². The third-order valence-electron chi connectivity index (χ3n) is 4.93. The number of nitrogens with zero attached hydrogens (tertiary/aromatic N) is 2. The molecule has 0 bridgehead atoms. The van der Waals surface area contributed by atoms with Gasteiger partial charge in [-0.1, -0.05) is 23.7 Å². The van der Waals surface area contributed by atoms with E-state index < -0.39 is 0 Å². The van der Waals surface area contributed by atoms with E-state index in [1.807, 2.05) is 12.1 Å². The fraction of sp³-hybridized carbons (Fsp3) is 0.300. The highest BCUT2D eigenvalue weighted by atomic mass is 35.5. The van der Waals surface area contributed by atoms with Gasteiger partial charge in [0.15, 0.2) is 0 Å². The van der Waals surface area contributed by atoms with E-state index in [2.05, 4.69) is 27.0 Å². The van der Waals surface area contributed by atoms with Crippen LogP contribution >= 0.6 is 11.6 Å². The lowest BCUT2D eigenvalue weighted by molar-refractivity contribution is 0.242. The normalized spacial score (nSPS) is 17.7. The standard InChI is InChI=1S/C20H20ClN3O2/c1-26-15-7-4-13(5-8-15)18-3-2-10-24(18)12-19-22-17-11-14(21)6-9-16(17)20(25)23-19/h4-9,11,18H,2-3,10,12H2,1H3,(H,22,23,25). The number of nitrogens with one attached hydrogen (secondary N) is 1. The van der Waals surface area contributed by atoms with E-state index in [9.17, 15) is 4.79 Å². The molecule has 0 radical (unpaired) electrons. The first-order valence-corrected chi connectivity index (χ1v) is 9.08. The molecule has 0 aliphatic carbocycles. The summed E-state index contributed by atoms with van der Waals surface area (Å²) in [6, 6.07) is 13.7. The number of aromatic amines is 1. The topological polar surface area (TPSA) is 58.2 Å². The molecule has 3 aromatic rings. The number of rotatable bonds is 4. The summed E-state index contributed by atoms with van der Waals surface area (Å²) in [6.45, 7) is 1.59. The van der Waals surface area contributed by atoms with Gasteiger partial charge in [0.2, 0.25) is 0 Å². The van der Waals surface area contributed by atoms with Crippen LogP contribution in [0.2, 0.25) is 5.02 Å². The zero-order chi connectivity index (χ0) is 18.1. The Morgan fingerprint density at radius 1 is 1.27 bits per heavy atom. The van der Waals surface area contributed by atoms with Crippen LogP contribution in [0.4, 0.5) is 0 Å². The minimum absolute atomic E-state index is 0.123. The van der Waals surface area contributed by atoms with E-state index in [0.29, 0.717) is 34.3 Å². The summed E-state index contributed by atoms with van der Waals surface area (Å²) in [5.41, 5.74) is 1.77. The fourth-order valence-electron chi connectivity index (χ4n) is 3.65. The van der Waals surface area contributed by atoms with Crippen molar-refractivity contribution in [1.82, 2.24) is 14.9 Å². The Kier molecular flexibility index (Phi) is 4.66. The van der Waals surface area contributed by atoms with Crippen LogP contribution < -0.4 is 10.3 Å². The molecule has 1 atom stereocenters. The van der Waals surface area contributed by atoms with Crippen molar-refractivity contribution in [3.63, 3.8) is 0 Å². The molecule has 6 heteroatoms. The first-order valence-electron chi connectivity index (χ1n) is 8.70. The maximum atomic E-state index is 12.3. The van der Waals surface area contributed by atoms with Crippen LogP contribution in [0.15, 0.2) is 47.3 Å². The molecule has 26 heavy (non-hydrogen) atoms. The number of H-pyrrole nitrogens is 1. The smallest absolute Gasteiger partial charge is 0.258 e. The second-order valence-electron chi connectivity index (χ2n) is 6.58. The van der Waals surface area contributed by atoms with Gasteiger partial charge < -0.3 is 9.72 Å². The molecule has 1 unspecified atom stereocenters. The summed E-state index contributed by atoms with van der Waals surface area (Å²) in [5, 5.41) is 1.14. The molecular formula is C20H20ClN3O2. The predicted molar refractivity (Wildman–Crippen MR) is 103 cm³/mol. The Morgan fingerprint density at radius 2 is 2.08 bits per heavy atom. The van der Waals surface area contributed by atoms with Gasteiger partial charge in [-0.3, -0.25) is 9.69 Å². The van der Waals surface area contributed by atoms with Gasteiger partial charge in [-0.05, 0) is 55.3 Å². The van der Waals surface area contributed by atoms with Crippen molar-refractivity contribution < 1.29 is 4.74 Å². The van der Waals surface area contributed by atoms with E-state index in [0.717, 1.165) is 25.1 Å². The lowest BCUT2D eigenvalue weighted by Gasteiger charge is -2.24. The predicted octanol–water partition coefficient (Wildman–Crippen LogP) is 3.92. The van der Waals surface area contributed by atoms with Gasteiger partial charge in [-0.2, -0.15) is 0 Å². The third-order valence-corrected chi connectivity index (χ3v) is 5.17. The van der Waals surface area contributed by atoms with Crippen molar-refractivity contribution in [2.24, 2.45) is 0 Å². The van der Waals surface area contributed by atoms with Crippen LogP contribution in [0, 0.1) is 0 Å². The molecule has 4 rings (SSSR count). The highest BCUT2D eigenvalue weighted by molar-refractivity contribution is 6.31. The quantitative estimate of drug-likeness (QED) is 0.757. The lowest BCUT2D eigenvalue weighted by Crippen LogP contribution is -2.25. The molecule has 1 aromatic heterocycles. The molecule has 1 saturated heterocycles. The van der Waals surface area contributed by atoms with Crippen molar-refractivity contribution in [3.05, 3.63) is 69.2 Å². The van der Waals surface area contributed by atoms with Gasteiger partial charge >= 0.3 is 0 Å². The number of ether oxygens (including phenoxy) is 1. The number of methoxy groups -OCH3 is 1. The summed E-state index contributed by atoms with van der Waals surface area (Å²) in [6.07, 6.45) is 2.22. The number of aromatic nitrogens is 2. The van der Waals surface area contributed by atoms with Crippen LogP contribution in [-0.4, -0.2) is 28.5 Å². The number of halogens is 1. The third kappa shape index (κ3) is 3.32. The second-order valence-corrected chi connectivity index (χ2v) is 7.01. The van der Waals surface area contributed by atoms with Crippen LogP contribution in [0.5, 0.6) is 5.75 Å². The van der Waals surface area contributed by atoms with Crippen molar-refractivity contribution in [1.29, 1.82) is 0 Å². The molecule has 0 saturated carbocycles. The Labute approximate surface area is 156 Å². The zero-order valence-corrected chi connectivity index (χ0v) is 15.3. The minimum atomic E-state index is -0.123. The summed E-state index contributed by atoms with van der Waals surface area (Å²) in [5.74, 6) is 1.53. The lowest BCUT2D eigenvalue weighted by atomic mass is 10.0. The Balaban J connectivity index is 1.61. The average molecular weight is 370 g/mol. The van der Waals surface area contributed by atoms with E-state index >= 15 is 0 Å². The van der Waals surface area contributed by atoms with Gasteiger partial charge in [-0.15, -0.1) is 0 Å². The molecule has 2 aromatic carbocycles. The maximum Gasteiger partial charge on any atom is 0.258 e. The highest BCUT2D eigenvalue weighted by Gasteiger charge is 2.26. The summed E-state index contributed by atoms with van der Waals surface area (Å²) >= 11 is 6.05. The van der Waals surface area contributed by atoms with Crippen molar-refractivity contribution in [2.45, 2.75) is 25.4 Å². The van der Waals surface area contributed by atoms with Gasteiger partial charge in [0.05, 0.1) is 24.6 Å². The van der Waals surface area contributed by atoms with Crippen LogP contribution in [0.1, 0.15) is 30.3 Å². The van der Waals surface area contributed by atoms with Crippen LogP contribution in [0.3, 0.4) is 0 Å². The molecule has 1 aliphatic rings. The van der Waals surface area contributed by atoms with Crippen LogP contribution in [-0.2, 0) is 6.54 Å². The zero-order valence-electron chi connectivity index (χ0n) is 14.5. The first kappa shape index (κ1) is 17.1. The number of benzene rings is 2. The number of likely N-dealkylation sites (tertiary alicyclic amines) is 1. The van der Waals surface area contributed by atoms with Crippen molar-refractivity contribution in [2.75, 3.05) is 13.7 Å². The molecule has 1 aliphatic heterocycles. The number of fused-ring (bicyclic) bond motifs is 1. The van der Waals surface area contributed by atoms with Gasteiger partial charge in [0, 0.05) is 11.1 Å². The summed E-state index contributed by atoms with van der Waals surface area (Å²) in [4.78, 5) is 22.2. The molecule has 5 nitrogen and oxygen atoms in total. The van der Waals surface area contributed by atoms with Gasteiger partial charge in [0.1, 0.15) is 11.6 Å². The molecule has 0 spiro atoms. The Bertz CT molecular complexity index is 985. The number of hydrogen-bond donors (Lipinski definition) is 1. The maximum absolute atomic E-state index is 12.3.